The molecule has 0 unspecified atom stereocenters. The molecule has 3 N–H and O–H groups in total. The first kappa shape index (κ1) is 15.8. The maximum Gasteiger partial charge on any atom is 0.310 e. The predicted molar refractivity (Wildman–Crippen MR) is 79.2 cm³/mol. The summed E-state index contributed by atoms with van der Waals surface area (Å²) in [5.41, 5.74) is -0.286. The first-order valence-corrected chi connectivity index (χ1v) is 8.07. The number of hydrogen-bond acceptors (Lipinski definition) is 4. The van der Waals surface area contributed by atoms with Crippen molar-refractivity contribution >= 4 is 23.2 Å². The van der Waals surface area contributed by atoms with Gasteiger partial charge in [0.15, 0.2) is 0 Å². The number of aliphatic carboxylic acids is 1. The molecular formula is C14H20N2O4S. The monoisotopic (exact) mass is 312 g/mol. The Kier molecular flexibility index (Phi) is 5.17. The number of aromatic nitrogens is 1. The molecule has 1 aromatic rings. The van der Waals surface area contributed by atoms with E-state index in [1.54, 1.807) is 5.38 Å². The van der Waals surface area contributed by atoms with E-state index in [-0.39, 0.29) is 23.7 Å². The minimum absolute atomic E-state index is 0.0106. The molecule has 2 rings (SSSR count). The van der Waals surface area contributed by atoms with Crippen LogP contribution in [0.2, 0.25) is 0 Å². The lowest BCUT2D eigenvalue weighted by Crippen LogP contribution is -2.37. The number of amides is 1. The van der Waals surface area contributed by atoms with Crippen molar-refractivity contribution in [1.29, 1.82) is 0 Å². The highest BCUT2D eigenvalue weighted by Crippen LogP contribution is 2.38. The molecule has 1 aliphatic rings. The van der Waals surface area contributed by atoms with E-state index in [9.17, 15) is 19.5 Å². The highest BCUT2D eigenvalue weighted by Gasteiger charge is 2.40. The van der Waals surface area contributed by atoms with Gasteiger partial charge in [-0.05, 0) is 12.8 Å². The van der Waals surface area contributed by atoms with Crippen molar-refractivity contribution < 1.29 is 14.7 Å². The summed E-state index contributed by atoms with van der Waals surface area (Å²) in [6.45, 7) is 0.229. The Morgan fingerprint density at radius 2 is 1.95 bits per heavy atom. The van der Waals surface area contributed by atoms with Gasteiger partial charge < -0.3 is 15.4 Å². The maximum absolute atomic E-state index is 12.1. The first-order valence-electron chi connectivity index (χ1n) is 7.19. The standard InChI is InChI=1S/C14H20N2O4S/c17-11(15-8-10-9-21-13(20)16-10)7-14(12(18)19)5-3-1-2-4-6-14/h9H,1-8H2,(H,15,17)(H,16,20)(H,18,19). The van der Waals surface area contributed by atoms with Crippen molar-refractivity contribution in [2.45, 2.75) is 51.5 Å². The number of H-pyrrole nitrogens is 1. The van der Waals surface area contributed by atoms with Crippen LogP contribution in [-0.2, 0) is 16.1 Å². The molecule has 1 amide bonds. The highest BCUT2D eigenvalue weighted by atomic mass is 32.1. The molecule has 0 bridgehead atoms. The van der Waals surface area contributed by atoms with Gasteiger partial charge in [0, 0.05) is 17.5 Å². The molecule has 116 valence electrons. The molecule has 0 aromatic carbocycles. The Morgan fingerprint density at radius 3 is 2.48 bits per heavy atom. The maximum atomic E-state index is 12.1. The second-order valence-corrected chi connectivity index (χ2v) is 6.47. The van der Waals surface area contributed by atoms with Gasteiger partial charge in [0.1, 0.15) is 0 Å². The van der Waals surface area contributed by atoms with Crippen molar-refractivity contribution in [3.63, 3.8) is 0 Å². The molecule has 0 saturated heterocycles. The highest BCUT2D eigenvalue weighted by molar-refractivity contribution is 7.07. The van der Waals surface area contributed by atoms with Gasteiger partial charge in [0.2, 0.25) is 5.91 Å². The zero-order valence-corrected chi connectivity index (χ0v) is 12.6. The van der Waals surface area contributed by atoms with Crippen LogP contribution in [0.1, 0.15) is 50.6 Å². The Morgan fingerprint density at radius 1 is 1.29 bits per heavy atom. The van der Waals surface area contributed by atoms with Gasteiger partial charge in [0.25, 0.3) is 0 Å². The number of aromatic amines is 1. The smallest absolute Gasteiger partial charge is 0.310 e. The third kappa shape index (κ3) is 4.17. The van der Waals surface area contributed by atoms with E-state index < -0.39 is 11.4 Å². The van der Waals surface area contributed by atoms with Crippen molar-refractivity contribution in [2.24, 2.45) is 5.41 Å². The van der Waals surface area contributed by atoms with Gasteiger partial charge in [-0.3, -0.25) is 14.4 Å². The second-order valence-electron chi connectivity index (χ2n) is 5.63. The van der Waals surface area contributed by atoms with Crippen LogP contribution < -0.4 is 10.2 Å². The lowest BCUT2D eigenvalue weighted by Gasteiger charge is -2.27. The zero-order chi connectivity index (χ0) is 15.3. The average molecular weight is 312 g/mol. The predicted octanol–water partition coefficient (Wildman–Crippen LogP) is 1.87. The number of carbonyl (C=O) groups is 2. The number of thiazole rings is 1. The van der Waals surface area contributed by atoms with E-state index in [1.165, 1.54) is 0 Å². The summed E-state index contributed by atoms with van der Waals surface area (Å²) in [5.74, 6) is -1.14. The van der Waals surface area contributed by atoms with Gasteiger partial charge in [0.05, 0.1) is 12.0 Å². The molecule has 6 nitrogen and oxygen atoms in total. The van der Waals surface area contributed by atoms with Crippen molar-refractivity contribution in [3.05, 3.63) is 20.7 Å². The third-order valence-electron chi connectivity index (χ3n) is 4.06. The summed E-state index contributed by atoms with van der Waals surface area (Å²) >= 11 is 1.04. The Hall–Kier alpha value is -1.63. The van der Waals surface area contributed by atoms with E-state index >= 15 is 0 Å². The van der Waals surface area contributed by atoms with Gasteiger partial charge in [-0.2, -0.15) is 0 Å². The normalized spacial score (nSPS) is 17.9. The molecule has 1 saturated carbocycles. The molecule has 0 spiro atoms. The summed E-state index contributed by atoms with van der Waals surface area (Å²) in [6, 6.07) is 0. The molecule has 0 atom stereocenters. The van der Waals surface area contributed by atoms with E-state index in [0.29, 0.717) is 18.5 Å². The quantitative estimate of drug-likeness (QED) is 0.723. The van der Waals surface area contributed by atoms with Crippen molar-refractivity contribution in [3.8, 4) is 0 Å². The Balaban J connectivity index is 1.94. The number of hydrogen-bond donors (Lipinski definition) is 3. The largest absolute Gasteiger partial charge is 0.481 e. The number of carboxylic acid groups (broad SMARTS) is 1. The SMILES string of the molecule is O=C(CC1(C(=O)O)CCCCCC1)NCc1csc(=O)[nH]1. The van der Waals surface area contributed by atoms with E-state index in [4.69, 9.17) is 0 Å². The summed E-state index contributed by atoms with van der Waals surface area (Å²) in [7, 11) is 0. The summed E-state index contributed by atoms with van der Waals surface area (Å²) in [6.07, 6.45) is 4.92. The van der Waals surface area contributed by atoms with Crippen LogP contribution in [0.25, 0.3) is 0 Å². The minimum atomic E-state index is -0.928. The molecule has 1 heterocycles. The fourth-order valence-electron chi connectivity index (χ4n) is 2.84. The average Bonchev–Trinajstić information content (AvgIpc) is 2.71. The molecular weight excluding hydrogens is 292 g/mol. The summed E-state index contributed by atoms with van der Waals surface area (Å²) in [5, 5.41) is 13.9. The van der Waals surface area contributed by atoms with E-state index in [2.05, 4.69) is 10.3 Å². The molecule has 1 fully saturated rings. The fourth-order valence-corrected chi connectivity index (χ4v) is 3.42. The van der Waals surface area contributed by atoms with Crippen LogP contribution in [0.4, 0.5) is 0 Å². The topological polar surface area (TPSA) is 99.3 Å². The van der Waals surface area contributed by atoms with Crippen LogP contribution in [0.15, 0.2) is 10.2 Å². The first-order chi connectivity index (χ1) is 10.0. The molecule has 0 radical (unpaired) electrons. The number of carboxylic acids is 1. The molecule has 7 heteroatoms. The van der Waals surface area contributed by atoms with Crippen molar-refractivity contribution in [1.82, 2.24) is 10.3 Å². The summed E-state index contributed by atoms with van der Waals surface area (Å²) in [4.78, 5) is 37.1. The van der Waals surface area contributed by atoms with Crippen LogP contribution in [0.3, 0.4) is 0 Å². The molecule has 1 aromatic heterocycles. The van der Waals surface area contributed by atoms with E-state index in [0.717, 1.165) is 37.0 Å². The van der Waals surface area contributed by atoms with Crippen LogP contribution in [0.5, 0.6) is 0 Å². The van der Waals surface area contributed by atoms with Crippen molar-refractivity contribution in [2.75, 3.05) is 0 Å². The van der Waals surface area contributed by atoms with E-state index in [1.807, 2.05) is 0 Å². The second kappa shape index (κ2) is 6.89. The van der Waals surface area contributed by atoms with Gasteiger partial charge in [-0.25, -0.2) is 0 Å². The van der Waals surface area contributed by atoms with Gasteiger partial charge >= 0.3 is 10.8 Å². The van der Waals surface area contributed by atoms with Crippen LogP contribution >= 0.6 is 11.3 Å². The molecule has 21 heavy (non-hydrogen) atoms. The van der Waals surface area contributed by atoms with Crippen LogP contribution in [0, 0.1) is 5.41 Å². The zero-order valence-electron chi connectivity index (χ0n) is 11.8. The fraction of sp³-hybridized carbons (Fsp3) is 0.643. The van der Waals surface area contributed by atoms with Gasteiger partial charge in [-0.15, -0.1) is 0 Å². The summed E-state index contributed by atoms with van der Waals surface area (Å²) < 4.78 is 0. The Labute approximate surface area is 126 Å². The molecule has 0 aliphatic heterocycles. The number of nitrogens with one attached hydrogen (secondary N) is 2. The third-order valence-corrected chi connectivity index (χ3v) is 4.78. The molecule has 1 aliphatic carbocycles. The van der Waals surface area contributed by atoms with Crippen LogP contribution in [-0.4, -0.2) is 22.0 Å². The van der Waals surface area contributed by atoms with Gasteiger partial charge in [-0.1, -0.05) is 37.0 Å². The lowest BCUT2D eigenvalue weighted by molar-refractivity contribution is -0.152. The number of rotatable bonds is 5. The number of carbonyl (C=O) groups excluding carboxylic acids is 1. The lowest BCUT2D eigenvalue weighted by atomic mass is 9.77. The minimum Gasteiger partial charge on any atom is -0.481 e. The Bertz CT molecular complexity index is 555.